The van der Waals surface area contributed by atoms with Crippen LogP contribution in [0.1, 0.15) is 50.1 Å². The molecule has 0 atom stereocenters. The minimum absolute atomic E-state index is 0.0762. The molecule has 2 aromatic heterocycles. The standard InChI is InChI=1S/C24H26N2O4S2/c1-16-21(22(27)28)25-20(32-16)15-26(13-3-5-19-6-4-14-31-19)23(29)24(11-12-24)17-7-9-18(30-2)10-8-17/h4,6-10,14H,3,5,11-13,15H2,1-2H3,(H,27,28). The number of ether oxygens (including phenoxy) is 1. The quantitative estimate of drug-likeness (QED) is 0.455. The number of aryl methyl sites for hydroxylation is 2. The van der Waals surface area contributed by atoms with Crippen molar-refractivity contribution in [3.8, 4) is 5.75 Å². The van der Waals surface area contributed by atoms with Gasteiger partial charge in [0, 0.05) is 16.3 Å². The first kappa shape index (κ1) is 22.5. The minimum Gasteiger partial charge on any atom is -0.497 e. The van der Waals surface area contributed by atoms with Crippen LogP contribution in [0, 0.1) is 6.92 Å². The normalized spacial score (nSPS) is 14.2. The molecule has 3 aromatic rings. The van der Waals surface area contributed by atoms with Gasteiger partial charge in [0.2, 0.25) is 5.91 Å². The SMILES string of the molecule is COc1ccc(C2(C(=O)N(CCCc3cccs3)Cc3nc(C(=O)O)c(C)s3)CC2)cc1. The largest absolute Gasteiger partial charge is 0.497 e. The predicted molar refractivity (Wildman–Crippen MR) is 126 cm³/mol. The van der Waals surface area contributed by atoms with Crippen LogP contribution in [0.3, 0.4) is 0 Å². The van der Waals surface area contributed by atoms with Crippen LogP contribution >= 0.6 is 22.7 Å². The molecule has 1 aliphatic carbocycles. The second kappa shape index (κ2) is 9.42. The number of benzene rings is 1. The van der Waals surface area contributed by atoms with Crippen molar-refractivity contribution in [3.63, 3.8) is 0 Å². The van der Waals surface area contributed by atoms with Crippen molar-refractivity contribution in [2.45, 2.75) is 44.6 Å². The molecule has 2 heterocycles. The zero-order valence-corrected chi connectivity index (χ0v) is 19.8. The fraction of sp³-hybridized carbons (Fsp3) is 0.375. The summed E-state index contributed by atoms with van der Waals surface area (Å²) in [6.07, 6.45) is 3.39. The van der Waals surface area contributed by atoms with Crippen LogP contribution in [-0.4, -0.2) is 40.5 Å². The van der Waals surface area contributed by atoms with Crippen molar-refractivity contribution in [2.24, 2.45) is 0 Å². The minimum atomic E-state index is -1.03. The zero-order valence-electron chi connectivity index (χ0n) is 18.2. The van der Waals surface area contributed by atoms with Crippen LogP contribution in [0.15, 0.2) is 41.8 Å². The maximum atomic E-state index is 13.8. The molecule has 6 nitrogen and oxygen atoms in total. The number of carboxylic acids is 1. The summed E-state index contributed by atoms with van der Waals surface area (Å²) in [7, 11) is 1.63. The molecule has 0 bridgehead atoms. The number of hydrogen-bond donors (Lipinski definition) is 1. The molecule has 0 aliphatic heterocycles. The van der Waals surface area contributed by atoms with E-state index in [1.54, 1.807) is 25.4 Å². The number of carboxylic acid groups (broad SMARTS) is 1. The molecule has 1 amide bonds. The fourth-order valence-electron chi connectivity index (χ4n) is 4.00. The lowest BCUT2D eigenvalue weighted by Crippen LogP contribution is -2.39. The van der Waals surface area contributed by atoms with Crippen molar-refractivity contribution in [1.29, 1.82) is 0 Å². The average Bonchev–Trinajstić information content (AvgIpc) is 3.26. The van der Waals surface area contributed by atoms with E-state index < -0.39 is 11.4 Å². The Morgan fingerprint density at radius 3 is 2.53 bits per heavy atom. The van der Waals surface area contributed by atoms with E-state index >= 15 is 0 Å². The van der Waals surface area contributed by atoms with Crippen molar-refractivity contribution >= 4 is 34.6 Å². The zero-order chi connectivity index (χ0) is 22.7. The molecule has 32 heavy (non-hydrogen) atoms. The fourth-order valence-corrected chi connectivity index (χ4v) is 5.69. The smallest absolute Gasteiger partial charge is 0.355 e. The van der Waals surface area contributed by atoms with Crippen LogP contribution in [0.2, 0.25) is 0 Å². The van der Waals surface area contributed by atoms with Gasteiger partial charge >= 0.3 is 5.97 Å². The molecule has 1 aliphatic rings. The van der Waals surface area contributed by atoms with Crippen LogP contribution in [-0.2, 0) is 23.2 Å². The average molecular weight is 471 g/mol. The Morgan fingerprint density at radius 1 is 1.22 bits per heavy atom. The summed E-state index contributed by atoms with van der Waals surface area (Å²) in [5.74, 6) is -0.166. The Morgan fingerprint density at radius 2 is 1.97 bits per heavy atom. The Kier molecular flexibility index (Phi) is 6.62. The molecule has 4 rings (SSSR count). The van der Waals surface area contributed by atoms with Gasteiger partial charge in [0.1, 0.15) is 10.8 Å². The molecule has 1 N–H and O–H groups in total. The van der Waals surface area contributed by atoms with Gasteiger partial charge in [-0.15, -0.1) is 22.7 Å². The van der Waals surface area contributed by atoms with Gasteiger partial charge in [-0.3, -0.25) is 4.79 Å². The molecule has 0 spiro atoms. The first-order valence-electron chi connectivity index (χ1n) is 10.6. The lowest BCUT2D eigenvalue weighted by atomic mass is 9.94. The summed E-state index contributed by atoms with van der Waals surface area (Å²) in [4.78, 5) is 33.3. The maximum Gasteiger partial charge on any atom is 0.355 e. The summed E-state index contributed by atoms with van der Waals surface area (Å²) >= 11 is 3.07. The highest BCUT2D eigenvalue weighted by molar-refractivity contribution is 7.11. The maximum absolute atomic E-state index is 13.8. The Balaban J connectivity index is 1.55. The molecule has 0 unspecified atom stereocenters. The number of hydrogen-bond acceptors (Lipinski definition) is 6. The molecule has 1 saturated carbocycles. The Hall–Kier alpha value is -2.71. The number of nitrogens with zero attached hydrogens (tertiary/aromatic N) is 2. The third-order valence-electron chi connectivity index (χ3n) is 5.89. The third-order valence-corrected chi connectivity index (χ3v) is 7.78. The van der Waals surface area contributed by atoms with E-state index in [1.807, 2.05) is 35.2 Å². The molecular weight excluding hydrogens is 444 g/mol. The van der Waals surface area contributed by atoms with E-state index in [1.165, 1.54) is 16.2 Å². The van der Waals surface area contributed by atoms with E-state index in [0.29, 0.717) is 23.0 Å². The Labute approximate surface area is 195 Å². The number of carbonyl (C=O) groups excluding carboxylic acids is 1. The molecule has 0 radical (unpaired) electrons. The van der Waals surface area contributed by atoms with E-state index in [4.69, 9.17) is 4.74 Å². The lowest BCUT2D eigenvalue weighted by Gasteiger charge is -2.27. The first-order valence-corrected chi connectivity index (χ1v) is 12.3. The van der Waals surface area contributed by atoms with Crippen molar-refractivity contribution in [2.75, 3.05) is 13.7 Å². The summed E-state index contributed by atoms with van der Waals surface area (Å²) in [5, 5.41) is 12.1. The van der Waals surface area contributed by atoms with Crippen molar-refractivity contribution in [3.05, 3.63) is 67.8 Å². The second-order valence-corrected chi connectivity index (χ2v) is 10.4. The number of aromatic nitrogens is 1. The van der Waals surface area contributed by atoms with Crippen LogP contribution in [0.5, 0.6) is 5.75 Å². The third kappa shape index (κ3) is 4.71. The number of thiazole rings is 1. The second-order valence-electron chi connectivity index (χ2n) is 8.04. The number of amides is 1. The summed E-state index contributed by atoms with van der Waals surface area (Å²) in [6, 6.07) is 11.9. The molecule has 8 heteroatoms. The number of thiophene rings is 1. The van der Waals surface area contributed by atoms with Crippen molar-refractivity contribution < 1.29 is 19.4 Å². The van der Waals surface area contributed by atoms with Crippen LogP contribution < -0.4 is 4.74 Å². The van der Waals surface area contributed by atoms with Crippen molar-refractivity contribution in [1.82, 2.24) is 9.88 Å². The predicted octanol–water partition coefficient (Wildman–Crippen LogP) is 4.91. The topological polar surface area (TPSA) is 79.7 Å². The monoisotopic (exact) mass is 470 g/mol. The van der Waals surface area contributed by atoms with Gasteiger partial charge < -0.3 is 14.7 Å². The van der Waals surface area contributed by atoms with Gasteiger partial charge in [-0.1, -0.05) is 18.2 Å². The number of aromatic carboxylic acids is 1. The van der Waals surface area contributed by atoms with Gasteiger partial charge in [0.15, 0.2) is 5.69 Å². The van der Waals surface area contributed by atoms with Crippen LogP contribution in [0.4, 0.5) is 0 Å². The number of rotatable bonds is 10. The molecule has 0 saturated heterocycles. The van der Waals surface area contributed by atoms with Gasteiger partial charge in [-0.25, -0.2) is 9.78 Å². The van der Waals surface area contributed by atoms with E-state index in [2.05, 4.69) is 16.4 Å². The molecule has 1 fully saturated rings. The molecular formula is C24H26N2O4S2. The molecule has 168 valence electrons. The molecule has 1 aromatic carbocycles. The summed E-state index contributed by atoms with van der Waals surface area (Å²) in [5.41, 5.74) is 0.581. The van der Waals surface area contributed by atoms with E-state index in [-0.39, 0.29) is 11.6 Å². The van der Waals surface area contributed by atoms with Gasteiger partial charge in [-0.2, -0.15) is 0 Å². The number of carbonyl (C=O) groups is 2. The van der Waals surface area contributed by atoms with E-state index in [0.717, 1.165) is 37.0 Å². The lowest BCUT2D eigenvalue weighted by molar-refractivity contribution is -0.134. The highest BCUT2D eigenvalue weighted by Gasteiger charge is 2.53. The van der Waals surface area contributed by atoms with Gasteiger partial charge in [0.25, 0.3) is 0 Å². The van der Waals surface area contributed by atoms with Gasteiger partial charge in [0.05, 0.1) is 19.1 Å². The Bertz CT molecular complexity index is 1090. The van der Waals surface area contributed by atoms with Gasteiger partial charge in [-0.05, 0) is 61.7 Å². The van der Waals surface area contributed by atoms with E-state index in [9.17, 15) is 14.7 Å². The summed E-state index contributed by atoms with van der Waals surface area (Å²) in [6.45, 7) is 2.70. The summed E-state index contributed by atoms with van der Waals surface area (Å²) < 4.78 is 5.26. The highest BCUT2D eigenvalue weighted by atomic mass is 32.1. The first-order chi connectivity index (χ1) is 15.4. The number of methoxy groups -OCH3 is 1. The van der Waals surface area contributed by atoms with Crippen LogP contribution in [0.25, 0.3) is 0 Å². The highest BCUT2D eigenvalue weighted by Crippen LogP contribution is 2.50.